The lowest BCUT2D eigenvalue weighted by molar-refractivity contribution is -0.132. The van der Waals surface area contributed by atoms with Crippen molar-refractivity contribution in [3.63, 3.8) is 0 Å². The first kappa shape index (κ1) is 20.0. The second-order valence-electron chi connectivity index (χ2n) is 6.09. The van der Waals surface area contributed by atoms with Crippen molar-refractivity contribution in [2.45, 2.75) is 26.4 Å². The molecule has 1 saturated heterocycles. The van der Waals surface area contributed by atoms with Crippen molar-refractivity contribution in [1.29, 1.82) is 0 Å². The summed E-state index contributed by atoms with van der Waals surface area (Å²) in [6.45, 7) is 11.3. The first-order valence-corrected chi connectivity index (χ1v) is 8.30. The highest BCUT2D eigenvalue weighted by atomic mass is 19.4. The molecule has 1 heterocycles. The molecule has 0 radical (unpaired) electrons. The molecule has 23 heavy (non-hydrogen) atoms. The first-order valence-electron chi connectivity index (χ1n) is 8.30. The first-order chi connectivity index (χ1) is 10.8. The minimum Gasteiger partial charge on any atom is -0.356 e. The van der Waals surface area contributed by atoms with Gasteiger partial charge in [-0.3, -0.25) is 4.99 Å². The van der Waals surface area contributed by atoms with Gasteiger partial charge in [-0.05, 0) is 12.5 Å². The highest BCUT2D eigenvalue weighted by Gasteiger charge is 2.26. The third-order valence-electron chi connectivity index (χ3n) is 4.02. The van der Waals surface area contributed by atoms with E-state index in [1.807, 2.05) is 0 Å². The van der Waals surface area contributed by atoms with E-state index < -0.39 is 12.6 Å². The van der Waals surface area contributed by atoms with Crippen LogP contribution in [-0.4, -0.2) is 81.3 Å². The highest BCUT2D eigenvalue weighted by molar-refractivity contribution is 5.79. The minimum absolute atomic E-state index is 0.156. The summed E-state index contributed by atoms with van der Waals surface area (Å²) in [7, 11) is 1.57. The Morgan fingerprint density at radius 3 is 2.26 bits per heavy atom. The van der Waals surface area contributed by atoms with Crippen LogP contribution in [0.1, 0.15) is 20.3 Å². The zero-order chi connectivity index (χ0) is 17.3. The van der Waals surface area contributed by atoms with Crippen LogP contribution >= 0.6 is 0 Å². The average molecular weight is 337 g/mol. The third-order valence-corrected chi connectivity index (χ3v) is 4.02. The molecule has 2 N–H and O–H groups in total. The van der Waals surface area contributed by atoms with Gasteiger partial charge in [0, 0.05) is 52.9 Å². The number of guanidine groups is 1. The molecule has 0 aromatic carbocycles. The summed E-state index contributed by atoms with van der Waals surface area (Å²) < 4.78 is 36.4. The normalized spacial score (nSPS) is 19.7. The minimum atomic E-state index is -4.14. The molecule has 8 heteroatoms. The van der Waals surface area contributed by atoms with Gasteiger partial charge < -0.3 is 20.4 Å². The molecular formula is C15H30F3N5. The predicted octanol–water partition coefficient (Wildman–Crippen LogP) is 1.38. The number of hydrogen-bond acceptors (Lipinski definition) is 3. The molecule has 1 unspecified atom stereocenters. The molecule has 0 aromatic heterocycles. The molecule has 0 amide bonds. The summed E-state index contributed by atoms with van der Waals surface area (Å²) in [5.74, 6) is 0.834. The molecule has 0 aliphatic carbocycles. The van der Waals surface area contributed by atoms with Crippen molar-refractivity contribution >= 4 is 5.96 Å². The molecule has 1 aliphatic rings. The Kier molecular flexibility index (Phi) is 8.68. The van der Waals surface area contributed by atoms with Gasteiger partial charge in [0.25, 0.3) is 0 Å². The van der Waals surface area contributed by atoms with E-state index in [0.29, 0.717) is 18.4 Å². The Morgan fingerprint density at radius 1 is 1.13 bits per heavy atom. The lowest BCUT2D eigenvalue weighted by Crippen LogP contribution is -2.48. The monoisotopic (exact) mass is 337 g/mol. The molecule has 0 bridgehead atoms. The van der Waals surface area contributed by atoms with E-state index in [1.165, 1.54) is 0 Å². The van der Waals surface area contributed by atoms with Gasteiger partial charge in [-0.2, -0.15) is 13.2 Å². The maximum absolute atomic E-state index is 12.1. The van der Waals surface area contributed by atoms with Crippen molar-refractivity contribution in [1.82, 2.24) is 20.4 Å². The van der Waals surface area contributed by atoms with E-state index in [-0.39, 0.29) is 6.54 Å². The molecule has 136 valence electrons. The number of alkyl halides is 3. The number of nitrogens with one attached hydrogen (secondary N) is 2. The maximum atomic E-state index is 12.1. The van der Waals surface area contributed by atoms with Crippen LogP contribution in [0.2, 0.25) is 0 Å². The SMILES string of the molecule is CCN1CCN(CC(C)CNC(=NC)NCCC(F)(F)F)CC1. The summed E-state index contributed by atoms with van der Waals surface area (Å²) in [5, 5.41) is 5.80. The molecule has 1 fully saturated rings. The van der Waals surface area contributed by atoms with Gasteiger partial charge in [0.15, 0.2) is 5.96 Å². The fourth-order valence-electron chi connectivity index (χ4n) is 2.61. The van der Waals surface area contributed by atoms with Crippen LogP contribution in [0.4, 0.5) is 13.2 Å². The lowest BCUT2D eigenvalue weighted by atomic mass is 10.1. The number of nitrogens with zero attached hydrogens (tertiary/aromatic N) is 3. The van der Waals surface area contributed by atoms with Crippen molar-refractivity contribution in [3.05, 3.63) is 0 Å². The second kappa shape index (κ2) is 9.97. The molecule has 0 aromatic rings. The van der Waals surface area contributed by atoms with Crippen LogP contribution in [0.5, 0.6) is 0 Å². The molecule has 0 spiro atoms. The molecule has 0 saturated carbocycles. The maximum Gasteiger partial charge on any atom is 0.390 e. The number of aliphatic imine (C=N–C) groups is 1. The topological polar surface area (TPSA) is 42.9 Å². The predicted molar refractivity (Wildman–Crippen MR) is 87.8 cm³/mol. The van der Waals surface area contributed by atoms with E-state index in [9.17, 15) is 13.2 Å². The van der Waals surface area contributed by atoms with Crippen LogP contribution in [0, 0.1) is 5.92 Å². The number of piperazine rings is 1. The van der Waals surface area contributed by atoms with Gasteiger partial charge in [-0.15, -0.1) is 0 Å². The number of likely N-dealkylation sites (N-methyl/N-ethyl adjacent to an activating group) is 1. The number of rotatable bonds is 7. The standard InChI is InChI=1S/C15H30F3N5/c1-4-22-7-9-23(10-8-22)12-13(2)11-21-14(19-3)20-6-5-15(16,17)18/h13H,4-12H2,1-3H3,(H2,19,20,21). The van der Waals surface area contributed by atoms with E-state index >= 15 is 0 Å². The Morgan fingerprint density at radius 2 is 1.74 bits per heavy atom. The Bertz CT molecular complexity index is 352. The lowest BCUT2D eigenvalue weighted by Gasteiger charge is -2.35. The summed E-state index contributed by atoms with van der Waals surface area (Å²) >= 11 is 0. The second-order valence-corrected chi connectivity index (χ2v) is 6.09. The third kappa shape index (κ3) is 9.00. The number of halogens is 3. The highest BCUT2D eigenvalue weighted by Crippen LogP contribution is 2.18. The van der Waals surface area contributed by atoms with E-state index in [4.69, 9.17) is 0 Å². The van der Waals surface area contributed by atoms with Crippen LogP contribution in [0.25, 0.3) is 0 Å². The Labute approximate surface area is 137 Å². The largest absolute Gasteiger partial charge is 0.390 e. The van der Waals surface area contributed by atoms with Crippen LogP contribution in [0.3, 0.4) is 0 Å². The van der Waals surface area contributed by atoms with E-state index in [0.717, 1.165) is 39.3 Å². The summed E-state index contributed by atoms with van der Waals surface area (Å²) in [4.78, 5) is 8.83. The summed E-state index contributed by atoms with van der Waals surface area (Å²) in [6, 6.07) is 0. The van der Waals surface area contributed by atoms with Crippen molar-refractivity contribution in [2.24, 2.45) is 10.9 Å². The summed E-state index contributed by atoms with van der Waals surface area (Å²) in [6.07, 6.45) is -5.00. The Balaban J connectivity index is 2.19. The average Bonchev–Trinajstić information content (AvgIpc) is 2.50. The zero-order valence-electron chi connectivity index (χ0n) is 14.4. The Hall–Kier alpha value is -1.02. The molecule has 1 aliphatic heterocycles. The van der Waals surface area contributed by atoms with Gasteiger partial charge in [0.2, 0.25) is 0 Å². The van der Waals surface area contributed by atoms with Gasteiger partial charge in [0.05, 0.1) is 6.42 Å². The van der Waals surface area contributed by atoms with Crippen molar-refractivity contribution < 1.29 is 13.2 Å². The zero-order valence-corrected chi connectivity index (χ0v) is 14.4. The van der Waals surface area contributed by atoms with E-state index in [2.05, 4.69) is 39.3 Å². The van der Waals surface area contributed by atoms with Gasteiger partial charge >= 0.3 is 6.18 Å². The van der Waals surface area contributed by atoms with Crippen LogP contribution in [-0.2, 0) is 0 Å². The van der Waals surface area contributed by atoms with Crippen LogP contribution in [0.15, 0.2) is 4.99 Å². The number of hydrogen-bond donors (Lipinski definition) is 2. The molecule has 1 atom stereocenters. The molecule has 1 rings (SSSR count). The van der Waals surface area contributed by atoms with Crippen molar-refractivity contribution in [2.75, 3.05) is 59.4 Å². The summed E-state index contributed by atoms with van der Waals surface area (Å²) in [5.41, 5.74) is 0. The fraction of sp³-hybridized carbons (Fsp3) is 0.933. The molecular weight excluding hydrogens is 307 g/mol. The van der Waals surface area contributed by atoms with E-state index in [1.54, 1.807) is 7.05 Å². The van der Waals surface area contributed by atoms with Gasteiger partial charge in [-0.1, -0.05) is 13.8 Å². The van der Waals surface area contributed by atoms with Crippen molar-refractivity contribution in [3.8, 4) is 0 Å². The molecule has 5 nitrogen and oxygen atoms in total. The van der Waals surface area contributed by atoms with Gasteiger partial charge in [0.1, 0.15) is 0 Å². The smallest absolute Gasteiger partial charge is 0.356 e. The van der Waals surface area contributed by atoms with Crippen LogP contribution < -0.4 is 10.6 Å². The quantitative estimate of drug-likeness (QED) is 0.544. The fourth-order valence-corrected chi connectivity index (χ4v) is 2.61. The van der Waals surface area contributed by atoms with Gasteiger partial charge in [-0.25, -0.2) is 0 Å².